The van der Waals surface area contributed by atoms with E-state index in [2.05, 4.69) is 9.88 Å². The van der Waals surface area contributed by atoms with E-state index in [1.165, 1.54) is 0 Å². The number of hydrogen-bond donors (Lipinski definition) is 1. The number of carbonyl (C=O) groups excluding carboxylic acids is 1. The molecule has 0 aliphatic carbocycles. The number of halogens is 3. The third kappa shape index (κ3) is 7.65. The molecule has 1 atom stereocenters. The molecule has 9 heteroatoms. The number of carbonyl (C=O) groups is 1. The minimum absolute atomic E-state index is 0. The molecule has 2 N–H and O–H groups in total. The first-order valence-electron chi connectivity index (χ1n) is 6.86. The molecule has 23 heavy (non-hydrogen) atoms. The van der Waals surface area contributed by atoms with Gasteiger partial charge in [-0.15, -0.1) is 37.2 Å². The number of methoxy groups -OCH3 is 1. The van der Waals surface area contributed by atoms with Crippen molar-refractivity contribution in [2.45, 2.75) is 12.6 Å². The van der Waals surface area contributed by atoms with Crippen LogP contribution in [-0.2, 0) is 16.1 Å². The molecule has 0 radical (unpaired) electrons. The van der Waals surface area contributed by atoms with Crippen LogP contribution < -0.4 is 5.73 Å². The molecule has 6 nitrogen and oxygen atoms in total. The van der Waals surface area contributed by atoms with E-state index in [0.717, 1.165) is 25.3 Å². The van der Waals surface area contributed by atoms with Crippen molar-refractivity contribution in [2.75, 3.05) is 39.9 Å². The third-order valence-corrected chi connectivity index (χ3v) is 3.46. The Kier molecular flexibility index (Phi) is 13.6. The highest BCUT2D eigenvalue weighted by Crippen LogP contribution is 2.07. The van der Waals surface area contributed by atoms with Crippen molar-refractivity contribution < 1.29 is 9.53 Å². The van der Waals surface area contributed by atoms with Crippen LogP contribution in [-0.4, -0.2) is 66.6 Å². The maximum atomic E-state index is 12.0. The minimum atomic E-state index is -0.553. The number of nitrogens with two attached hydrogens (primary N) is 1. The van der Waals surface area contributed by atoms with Crippen molar-refractivity contribution in [3.05, 3.63) is 30.1 Å². The average Bonchev–Trinajstić information content (AvgIpc) is 2.48. The van der Waals surface area contributed by atoms with Crippen molar-refractivity contribution in [3.8, 4) is 0 Å². The predicted octanol–water partition coefficient (Wildman–Crippen LogP) is 0.965. The van der Waals surface area contributed by atoms with Crippen molar-refractivity contribution in [2.24, 2.45) is 5.73 Å². The number of ether oxygens (including phenoxy) is 1. The Hall–Kier alpha value is -0.630. The molecule has 0 aromatic carbocycles. The van der Waals surface area contributed by atoms with Gasteiger partial charge in [-0.3, -0.25) is 14.7 Å². The van der Waals surface area contributed by atoms with Crippen LogP contribution in [0.4, 0.5) is 0 Å². The number of aromatic nitrogens is 1. The first-order valence-corrected chi connectivity index (χ1v) is 6.86. The van der Waals surface area contributed by atoms with Gasteiger partial charge in [-0.05, 0) is 12.1 Å². The molecule has 0 bridgehead atoms. The third-order valence-electron chi connectivity index (χ3n) is 3.46. The second-order valence-electron chi connectivity index (χ2n) is 4.98. The van der Waals surface area contributed by atoms with E-state index in [0.29, 0.717) is 13.1 Å². The van der Waals surface area contributed by atoms with Crippen molar-refractivity contribution in [1.82, 2.24) is 14.8 Å². The van der Waals surface area contributed by atoms with E-state index in [-0.39, 0.29) is 49.7 Å². The Morgan fingerprint density at radius 1 is 1.26 bits per heavy atom. The van der Waals surface area contributed by atoms with Crippen LogP contribution >= 0.6 is 37.2 Å². The van der Waals surface area contributed by atoms with Crippen LogP contribution in [0, 0.1) is 0 Å². The van der Waals surface area contributed by atoms with Gasteiger partial charge >= 0.3 is 0 Å². The lowest BCUT2D eigenvalue weighted by atomic mass is 10.2. The topological polar surface area (TPSA) is 71.7 Å². The molecular formula is C14H25Cl3N4O2. The molecule has 0 saturated carbocycles. The fraction of sp³-hybridized carbons (Fsp3) is 0.571. The van der Waals surface area contributed by atoms with Gasteiger partial charge in [0.25, 0.3) is 0 Å². The number of hydrogen-bond acceptors (Lipinski definition) is 5. The number of nitrogens with zero attached hydrogens (tertiary/aromatic N) is 3. The molecule has 134 valence electrons. The fourth-order valence-electron chi connectivity index (χ4n) is 2.33. The van der Waals surface area contributed by atoms with E-state index in [9.17, 15) is 4.79 Å². The molecule has 1 aromatic rings. The predicted molar refractivity (Wildman–Crippen MR) is 97.7 cm³/mol. The number of piperazine rings is 1. The maximum Gasteiger partial charge on any atom is 0.241 e. The van der Waals surface area contributed by atoms with Crippen LogP contribution in [0.5, 0.6) is 0 Å². The molecule has 1 unspecified atom stereocenters. The summed E-state index contributed by atoms with van der Waals surface area (Å²) in [6.45, 7) is 4.22. The van der Waals surface area contributed by atoms with Crippen LogP contribution in [0.1, 0.15) is 5.69 Å². The molecule has 1 amide bonds. The standard InChI is InChI=1S/C14H22N4O2.3ClH/c1-20-11-13(15)14(19)18-8-6-17(7-9-18)10-12-4-2-3-5-16-12;;;/h2-5,13H,6-11,15H2,1H3;3*1H. The Balaban J connectivity index is 0. The lowest BCUT2D eigenvalue weighted by Gasteiger charge is -2.35. The summed E-state index contributed by atoms with van der Waals surface area (Å²) in [5.41, 5.74) is 6.84. The zero-order valence-corrected chi connectivity index (χ0v) is 15.5. The van der Waals surface area contributed by atoms with Gasteiger partial charge in [0, 0.05) is 46.0 Å². The summed E-state index contributed by atoms with van der Waals surface area (Å²) in [5.74, 6) is -0.0238. The fourth-order valence-corrected chi connectivity index (χ4v) is 2.33. The van der Waals surface area contributed by atoms with E-state index in [4.69, 9.17) is 10.5 Å². The summed E-state index contributed by atoms with van der Waals surface area (Å²) >= 11 is 0. The molecule has 1 aromatic heterocycles. The van der Waals surface area contributed by atoms with E-state index < -0.39 is 6.04 Å². The largest absolute Gasteiger partial charge is 0.383 e. The van der Waals surface area contributed by atoms with E-state index in [1.54, 1.807) is 13.3 Å². The average molecular weight is 388 g/mol. The van der Waals surface area contributed by atoms with Crippen LogP contribution in [0.3, 0.4) is 0 Å². The smallest absolute Gasteiger partial charge is 0.241 e. The molecule has 2 heterocycles. The van der Waals surface area contributed by atoms with Gasteiger partial charge in [-0.2, -0.15) is 0 Å². The summed E-state index contributed by atoms with van der Waals surface area (Å²) in [5, 5.41) is 0. The monoisotopic (exact) mass is 386 g/mol. The highest BCUT2D eigenvalue weighted by Gasteiger charge is 2.25. The summed E-state index contributed by atoms with van der Waals surface area (Å²) in [4.78, 5) is 20.5. The second-order valence-corrected chi connectivity index (χ2v) is 4.98. The first-order chi connectivity index (χ1) is 9.70. The maximum absolute atomic E-state index is 12.0. The number of pyridine rings is 1. The summed E-state index contributed by atoms with van der Waals surface area (Å²) < 4.78 is 4.92. The van der Waals surface area contributed by atoms with Gasteiger partial charge in [0.1, 0.15) is 6.04 Å². The highest BCUT2D eigenvalue weighted by molar-refractivity contribution is 5.86. The molecule has 1 fully saturated rings. The molecule has 0 spiro atoms. The SMILES string of the molecule is COCC(N)C(=O)N1CCN(Cc2ccccn2)CC1.Cl.Cl.Cl. The van der Waals surface area contributed by atoms with Crippen molar-refractivity contribution in [1.29, 1.82) is 0 Å². The summed E-state index contributed by atoms with van der Waals surface area (Å²) in [7, 11) is 1.55. The minimum Gasteiger partial charge on any atom is -0.383 e. The normalized spacial score (nSPS) is 15.7. The van der Waals surface area contributed by atoms with Crippen LogP contribution in [0.15, 0.2) is 24.4 Å². The van der Waals surface area contributed by atoms with Crippen LogP contribution in [0.2, 0.25) is 0 Å². The van der Waals surface area contributed by atoms with E-state index >= 15 is 0 Å². The quantitative estimate of drug-likeness (QED) is 0.815. The first kappa shape index (κ1) is 24.6. The van der Waals surface area contributed by atoms with Gasteiger partial charge in [-0.1, -0.05) is 6.07 Å². The van der Waals surface area contributed by atoms with Gasteiger partial charge in [-0.25, -0.2) is 0 Å². The summed E-state index contributed by atoms with van der Waals surface area (Å²) in [6.07, 6.45) is 1.80. The van der Waals surface area contributed by atoms with Crippen molar-refractivity contribution in [3.63, 3.8) is 0 Å². The van der Waals surface area contributed by atoms with Gasteiger partial charge in [0.15, 0.2) is 0 Å². The number of rotatable bonds is 5. The highest BCUT2D eigenvalue weighted by atomic mass is 35.5. The van der Waals surface area contributed by atoms with Gasteiger partial charge < -0.3 is 15.4 Å². The van der Waals surface area contributed by atoms with E-state index in [1.807, 2.05) is 23.1 Å². The zero-order valence-electron chi connectivity index (χ0n) is 13.1. The van der Waals surface area contributed by atoms with Crippen LogP contribution in [0.25, 0.3) is 0 Å². The molecule has 1 saturated heterocycles. The zero-order chi connectivity index (χ0) is 14.4. The molecule has 1 aliphatic rings. The lowest BCUT2D eigenvalue weighted by Crippen LogP contribution is -2.53. The second kappa shape index (κ2) is 12.8. The molecule has 1 aliphatic heterocycles. The lowest BCUT2D eigenvalue weighted by molar-refractivity contribution is -0.135. The Morgan fingerprint density at radius 3 is 2.43 bits per heavy atom. The summed E-state index contributed by atoms with van der Waals surface area (Å²) in [6, 6.07) is 5.37. The molecule has 2 rings (SSSR count). The molecular weight excluding hydrogens is 363 g/mol. The number of amides is 1. The van der Waals surface area contributed by atoms with Gasteiger partial charge in [0.2, 0.25) is 5.91 Å². The van der Waals surface area contributed by atoms with Gasteiger partial charge in [0.05, 0.1) is 12.3 Å². The van der Waals surface area contributed by atoms with Crippen molar-refractivity contribution >= 4 is 43.1 Å². The Morgan fingerprint density at radius 2 is 1.91 bits per heavy atom. The Bertz CT molecular complexity index is 431. The Labute approximate surface area is 156 Å².